The molecule has 1 N–H and O–H groups in total. The van der Waals surface area contributed by atoms with Gasteiger partial charge >= 0.3 is 5.97 Å². The van der Waals surface area contributed by atoms with Crippen molar-refractivity contribution < 1.29 is 9.90 Å². The first-order chi connectivity index (χ1) is 10.7. The Balaban J connectivity index is 1.95. The first-order valence-electron chi connectivity index (χ1n) is 7.06. The molecule has 0 saturated carbocycles. The van der Waals surface area contributed by atoms with Gasteiger partial charge < -0.3 is 5.11 Å². The van der Waals surface area contributed by atoms with Gasteiger partial charge in [-0.05, 0) is 35.8 Å². The van der Waals surface area contributed by atoms with Gasteiger partial charge in [0.25, 0.3) is 0 Å². The highest BCUT2D eigenvalue weighted by Gasteiger charge is 2.06. The number of nitrogens with zero attached hydrogens (tertiary/aromatic N) is 1. The molecule has 22 heavy (non-hydrogen) atoms. The predicted octanol–water partition coefficient (Wildman–Crippen LogP) is 4.35. The lowest BCUT2D eigenvalue weighted by atomic mass is 10.0. The number of carbonyl (C=O) groups is 1. The van der Waals surface area contributed by atoms with Gasteiger partial charge in [0.1, 0.15) is 0 Å². The van der Waals surface area contributed by atoms with E-state index in [1.807, 2.05) is 24.4 Å². The zero-order valence-electron chi connectivity index (χ0n) is 11.9. The highest BCUT2D eigenvalue weighted by atomic mass is 16.4. The molecule has 0 aliphatic heterocycles. The van der Waals surface area contributed by atoms with E-state index in [9.17, 15) is 4.79 Å². The second-order valence-corrected chi connectivity index (χ2v) is 5.03. The zero-order chi connectivity index (χ0) is 15.4. The summed E-state index contributed by atoms with van der Waals surface area (Å²) < 4.78 is 0. The van der Waals surface area contributed by atoms with Crippen molar-refractivity contribution in [1.82, 2.24) is 4.98 Å². The Labute approximate surface area is 129 Å². The normalized spacial score (nSPS) is 13.5. The molecule has 108 valence electrons. The smallest absolute Gasteiger partial charge is 0.335 e. The van der Waals surface area contributed by atoms with Crippen LogP contribution in [0.2, 0.25) is 0 Å². The van der Waals surface area contributed by atoms with E-state index in [2.05, 4.69) is 35.4 Å². The average Bonchev–Trinajstić information content (AvgIpc) is 2.84. The van der Waals surface area contributed by atoms with E-state index in [1.165, 1.54) is 0 Å². The van der Waals surface area contributed by atoms with Crippen LogP contribution in [0.3, 0.4) is 0 Å². The molecule has 0 unspecified atom stereocenters. The molecule has 0 atom stereocenters. The number of hydrogen-bond acceptors (Lipinski definition) is 2. The average molecular weight is 289 g/mol. The third-order valence-electron chi connectivity index (χ3n) is 3.52. The van der Waals surface area contributed by atoms with Crippen LogP contribution in [0.5, 0.6) is 0 Å². The van der Waals surface area contributed by atoms with Crippen molar-refractivity contribution in [1.29, 1.82) is 0 Å². The van der Waals surface area contributed by atoms with Crippen molar-refractivity contribution in [3.8, 4) is 11.1 Å². The Hall–Kier alpha value is -2.94. The van der Waals surface area contributed by atoms with E-state index in [4.69, 9.17) is 5.11 Å². The number of benzene rings is 1. The lowest BCUT2D eigenvalue weighted by molar-refractivity contribution is 0.0697. The van der Waals surface area contributed by atoms with Crippen LogP contribution < -0.4 is 0 Å². The van der Waals surface area contributed by atoms with Gasteiger partial charge in [0.2, 0.25) is 0 Å². The van der Waals surface area contributed by atoms with Crippen LogP contribution in [0.1, 0.15) is 22.3 Å². The Morgan fingerprint density at radius 2 is 1.77 bits per heavy atom. The lowest BCUT2D eigenvalue weighted by Crippen LogP contribution is -1.95. The standard InChI is InChI=1S/C19H15NO2/c21-19(22)16-9-7-15(8-10-16)18-11-17(12-20-13-18)14-5-3-1-2-4-6-14/h1,3-13H,2H2,(H,21,22). The Morgan fingerprint density at radius 3 is 2.55 bits per heavy atom. The second kappa shape index (κ2) is 6.22. The minimum absolute atomic E-state index is 0.285. The maximum absolute atomic E-state index is 10.9. The van der Waals surface area contributed by atoms with Gasteiger partial charge in [-0.3, -0.25) is 4.98 Å². The number of rotatable bonds is 3. The van der Waals surface area contributed by atoms with Gasteiger partial charge in [0.05, 0.1) is 5.56 Å². The summed E-state index contributed by atoms with van der Waals surface area (Å²) in [7, 11) is 0. The number of aromatic carboxylic acids is 1. The largest absolute Gasteiger partial charge is 0.478 e. The maximum atomic E-state index is 10.9. The number of aromatic nitrogens is 1. The molecule has 1 aliphatic rings. The molecule has 0 fully saturated rings. The molecule has 1 aromatic heterocycles. The monoisotopic (exact) mass is 289 g/mol. The van der Waals surface area contributed by atoms with E-state index in [0.717, 1.165) is 28.7 Å². The number of carboxylic acid groups (broad SMARTS) is 1. The van der Waals surface area contributed by atoms with Crippen LogP contribution in [0.25, 0.3) is 16.7 Å². The van der Waals surface area contributed by atoms with Crippen LogP contribution in [0.15, 0.2) is 73.1 Å². The van der Waals surface area contributed by atoms with Crippen molar-refractivity contribution in [2.45, 2.75) is 6.42 Å². The van der Waals surface area contributed by atoms with Gasteiger partial charge in [-0.15, -0.1) is 0 Å². The van der Waals surface area contributed by atoms with E-state index in [1.54, 1.807) is 18.3 Å². The second-order valence-electron chi connectivity index (χ2n) is 5.03. The van der Waals surface area contributed by atoms with Crippen molar-refractivity contribution in [3.05, 3.63) is 84.2 Å². The molecule has 0 saturated heterocycles. The number of hydrogen-bond donors (Lipinski definition) is 1. The topological polar surface area (TPSA) is 50.2 Å². The minimum atomic E-state index is -0.918. The molecule has 3 heteroatoms. The van der Waals surface area contributed by atoms with Crippen LogP contribution in [0, 0.1) is 0 Å². The summed E-state index contributed by atoms with van der Waals surface area (Å²) in [6.07, 6.45) is 15.0. The van der Waals surface area contributed by atoms with Crippen LogP contribution in [-0.2, 0) is 0 Å². The highest BCUT2D eigenvalue weighted by molar-refractivity contribution is 5.88. The number of pyridine rings is 1. The molecule has 1 heterocycles. The first-order valence-corrected chi connectivity index (χ1v) is 7.06. The Bertz CT molecular complexity index is 783. The van der Waals surface area contributed by atoms with Crippen molar-refractivity contribution in [2.24, 2.45) is 0 Å². The third-order valence-corrected chi connectivity index (χ3v) is 3.52. The molecule has 3 rings (SSSR count). The van der Waals surface area contributed by atoms with E-state index < -0.39 is 5.97 Å². The molecule has 0 radical (unpaired) electrons. The summed E-state index contributed by atoms with van der Waals surface area (Å²) >= 11 is 0. The Kier molecular flexibility index (Phi) is 3.97. The Morgan fingerprint density at radius 1 is 1.00 bits per heavy atom. The van der Waals surface area contributed by atoms with Crippen LogP contribution in [-0.4, -0.2) is 16.1 Å². The lowest BCUT2D eigenvalue weighted by Gasteiger charge is -2.06. The molecular formula is C19H15NO2. The van der Waals surface area contributed by atoms with Gasteiger partial charge in [-0.25, -0.2) is 4.79 Å². The number of allylic oxidation sites excluding steroid dienone is 6. The summed E-state index contributed by atoms with van der Waals surface area (Å²) in [5.41, 5.74) is 4.37. The summed E-state index contributed by atoms with van der Waals surface area (Å²) in [4.78, 5) is 15.2. The molecule has 0 bridgehead atoms. The fourth-order valence-corrected chi connectivity index (χ4v) is 2.33. The minimum Gasteiger partial charge on any atom is -0.478 e. The fourth-order valence-electron chi connectivity index (χ4n) is 2.33. The highest BCUT2D eigenvalue weighted by Crippen LogP contribution is 2.24. The van der Waals surface area contributed by atoms with E-state index in [-0.39, 0.29) is 5.56 Å². The van der Waals surface area contributed by atoms with Gasteiger partial charge in [0.15, 0.2) is 0 Å². The van der Waals surface area contributed by atoms with E-state index in [0.29, 0.717) is 0 Å². The predicted molar refractivity (Wildman–Crippen MR) is 87.5 cm³/mol. The molecule has 0 amide bonds. The van der Waals surface area contributed by atoms with Crippen LogP contribution >= 0.6 is 0 Å². The van der Waals surface area contributed by atoms with E-state index >= 15 is 0 Å². The zero-order valence-corrected chi connectivity index (χ0v) is 11.9. The molecule has 3 nitrogen and oxygen atoms in total. The summed E-state index contributed by atoms with van der Waals surface area (Å²) in [5, 5.41) is 8.95. The van der Waals surface area contributed by atoms with Crippen molar-refractivity contribution in [3.63, 3.8) is 0 Å². The molecule has 2 aromatic rings. The summed E-state index contributed by atoms with van der Waals surface area (Å²) in [6, 6.07) is 8.90. The summed E-state index contributed by atoms with van der Waals surface area (Å²) in [5.74, 6) is -0.918. The van der Waals surface area contributed by atoms with Gasteiger partial charge in [-0.2, -0.15) is 0 Å². The quantitative estimate of drug-likeness (QED) is 0.914. The van der Waals surface area contributed by atoms with Crippen LogP contribution in [0.4, 0.5) is 0 Å². The van der Waals surface area contributed by atoms with Gasteiger partial charge in [0, 0.05) is 23.5 Å². The molecular weight excluding hydrogens is 274 g/mol. The SMILES string of the molecule is O=C(O)c1ccc(-c2cncc(C3=CC=CCC=C3)c2)cc1. The molecule has 0 spiro atoms. The molecule has 1 aliphatic carbocycles. The molecule has 1 aromatic carbocycles. The van der Waals surface area contributed by atoms with Crippen molar-refractivity contribution in [2.75, 3.05) is 0 Å². The van der Waals surface area contributed by atoms with Gasteiger partial charge in [-0.1, -0.05) is 42.5 Å². The maximum Gasteiger partial charge on any atom is 0.335 e. The first kappa shape index (κ1) is 14.0. The van der Waals surface area contributed by atoms with Crippen molar-refractivity contribution >= 4 is 11.5 Å². The number of carboxylic acids is 1. The fraction of sp³-hybridized carbons (Fsp3) is 0.0526. The third kappa shape index (κ3) is 3.04. The summed E-state index contributed by atoms with van der Waals surface area (Å²) in [6.45, 7) is 0.